The lowest BCUT2D eigenvalue weighted by molar-refractivity contribution is -0.148. The lowest BCUT2D eigenvalue weighted by atomic mass is 9.88. The van der Waals surface area contributed by atoms with E-state index in [0.29, 0.717) is 23.3 Å². The lowest BCUT2D eigenvalue weighted by Gasteiger charge is -2.31. The van der Waals surface area contributed by atoms with Crippen LogP contribution in [0.4, 0.5) is 0 Å². The van der Waals surface area contributed by atoms with E-state index in [1.165, 1.54) is 4.90 Å². The number of aliphatic imine (C=N–C) groups is 1. The smallest absolute Gasteiger partial charge is 0.317 e. The fraction of sp³-hybridized carbons (Fsp3) is 0.471. The topological polar surface area (TPSA) is 50.7 Å². The Labute approximate surface area is 147 Å². The van der Waals surface area contributed by atoms with Crippen molar-refractivity contribution >= 4 is 40.8 Å². The molecule has 0 saturated heterocycles. The maximum atomic E-state index is 12.5. The molecule has 0 fully saturated rings. The Bertz CT molecular complexity index is 612. The molecule has 124 valence electrons. The molecule has 0 aromatic heterocycles. The Morgan fingerprint density at radius 1 is 1.39 bits per heavy atom. The van der Waals surface area contributed by atoms with Crippen molar-refractivity contribution in [2.45, 2.75) is 31.7 Å². The fourth-order valence-electron chi connectivity index (χ4n) is 2.45. The van der Waals surface area contributed by atoms with Crippen molar-refractivity contribution in [1.29, 1.82) is 0 Å². The van der Waals surface area contributed by atoms with Gasteiger partial charge >= 0.3 is 5.97 Å². The first-order valence-electron chi connectivity index (χ1n) is 7.58. The van der Waals surface area contributed by atoms with E-state index in [1.54, 1.807) is 11.8 Å². The zero-order valence-corrected chi connectivity index (χ0v) is 15.5. The Balaban J connectivity index is 2.27. The highest BCUT2D eigenvalue weighted by molar-refractivity contribution is 7.98. The van der Waals surface area contributed by atoms with Crippen LogP contribution in [0, 0.1) is 11.8 Å². The van der Waals surface area contributed by atoms with Crippen molar-refractivity contribution in [2.75, 3.05) is 12.9 Å². The molecule has 2 unspecified atom stereocenters. The number of thioether (sulfide) groups is 1. The van der Waals surface area contributed by atoms with E-state index in [-0.39, 0.29) is 12.0 Å². The van der Waals surface area contributed by atoms with Crippen molar-refractivity contribution in [2.24, 2.45) is 16.8 Å². The molecule has 2 rings (SSSR count). The second-order valence-corrected chi connectivity index (χ2v) is 7.22. The molecule has 23 heavy (non-hydrogen) atoms. The van der Waals surface area contributed by atoms with E-state index < -0.39 is 5.92 Å². The predicted octanol–water partition coefficient (Wildman–Crippen LogP) is 3.61. The van der Waals surface area contributed by atoms with Gasteiger partial charge in [0, 0.05) is 10.6 Å². The number of esters is 1. The third-order valence-electron chi connectivity index (χ3n) is 3.63. The number of thiocarbonyl (C=S) groups is 1. The highest BCUT2D eigenvalue weighted by atomic mass is 32.2. The minimum absolute atomic E-state index is 0.240. The summed E-state index contributed by atoms with van der Waals surface area (Å²) in [4.78, 5) is 18.0. The second-order valence-electron chi connectivity index (χ2n) is 5.96. The zero-order chi connectivity index (χ0) is 17.0. The van der Waals surface area contributed by atoms with Crippen molar-refractivity contribution in [3.63, 3.8) is 0 Å². The van der Waals surface area contributed by atoms with Crippen LogP contribution in [0.25, 0.3) is 0 Å². The number of nitrogens with one attached hydrogen (secondary N) is 1. The van der Waals surface area contributed by atoms with E-state index in [0.717, 1.165) is 5.56 Å². The Morgan fingerprint density at radius 2 is 2.04 bits per heavy atom. The quantitative estimate of drug-likeness (QED) is 0.499. The molecule has 1 aliphatic rings. The number of hydrogen-bond donors (Lipinski definition) is 1. The minimum atomic E-state index is -0.458. The van der Waals surface area contributed by atoms with Crippen molar-refractivity contribution in [1.82, 2.24) is 5.32 Å². The van der Waals surface area contributed by atoms with Crippen LogP contribution in [0.3, 0.4) is 0 Å². The molecule has 0 radical (unpaired) electrons. The standard InChI is InChI=1S/C17H22N2O2S2/c1-10(2)9-21-16(20)14-11(3)18-17(22)19-15(14)12-5-7-13(23-4)8-6-12/h5-8,10,14-15H,9H2,1-4H3,(H,19,22). The van der Waals surface area contributed by atoms with Crippen LogP contribution in [0.15, 0.2) is 34.2 Å². The van der Waals surface area contributed by atoms with Gasteiger partial charge in [0.05, 0.1) is 12.6 Å². The number of benzene rings is 1. The lowest BCUT2D eigenvalue weighted by Crippen LogP contribution is -2.44. The normalized spacial score (nSPS) is 20.9. The van der Waals surface area contributed by atoms with Gasteiger partial charge in [0.15, 0.2) is 5.11 Å². The predicted molar refractivity (Wildman–Crippen MR) is 99.1 cm³/mol. The molecule has 1 aliphatic heterocycles. The third-order valence-corrected chi connectivity index (χ3v) is 4.58. The number of rotatable bonds is 5. The van der Waals surface area contributed by atoms with Gasteiger partial charge < -0.3 is 10.1 Å². The summed E-state index contributed by atoms with van der Waals surface area (Å²) in [5.41, 5.74) is 1.70. The maximum Gasteiger partial charge on any atom is 0.317 e. The van der Waals surface area contributed by atoms with Gasteiger partial charge in [-0.15, -0.1) is 11.8 Å². The number of ether oxygens (including phenoxy) is 1. The van der Waals surface area contributed by atoms with E-state index in [9.17, 15) is 4.79 Å². The average Bonchev–Trinajstić information content (AvgIpc) is 2.52. The monoisotopic (exact) mass is 350 g/mol. The minimum Gasteiger partial charge on any atom is -0.465 e. The van der Waals surface area contributed by atoms with Gasteiger partial charge in [-0.3, -0.25) is 4.79 Å². The largest absolute Gasteiger partial charge is 0.465 e. The molecule has 1 heterocycles. The summed E-state index contributed by atoms with van der Waals surface area (Å²) < 4.78 is 5.44. The second kappa shape index (κ2) is 7.93. The third kappa shape index (κ3) is 4.54. The molecule has 6 heteroatoms. The first kappa shape index (κ1) is 17.9. The summed E-state index contributed by atoms with van der Waals surface area (Å²) in [7, 11) is 0. The Morgan fingerprint density at radius 3 is 2.61 bits per heavy atom. The number of nitrogens with zero attached hydrogens (tertiary/aromatic N) is 1. The molecule has 1 N–H and O–H groups in total. The van der Waals surface area contributed by atoms with Crippen LogP contribution in [-0.2, 0) is 9.53 Å². The molecule has 2 atom stereocenters. The molecule has 0 spiro atoms. The highest BCUT2D eigenvalue weighted by Gasteiger charge is 2.37. The summed E-state index contributed by atoms with van der Waals surface area (Å²) in [5, 5.41) is 3.57. The summed E-state index contributed by atoms with van der Waals surface area (Å²) in [6.45, 7) is 6.27. The van der Waals surface area contributed by atoms with Crippen LogP contribution in [0.1, 0.15) is 32.4 Å². The molecular formula is C17H22N2O2S2. The maximum absolute atomic E-state index is 12.5. The van der Waals surface area contributed by atoms with Crippen molar-refractivity contribution in [3.8, 4) is 0 Å². The van der Waals surface area contributed by atoms with Gasteiger partial charge in [-0.2, -0.15) is 0 Å². The molecule has 1 aromatic rings. The number of carbonyl (C=O) groups excluding carboxylic acids is 1. The van der Waals surface area contributed by atoms with Gasteiger partial charge in [-0.25, -0.2) is 4.99 Å². The van der Waals surface area contributed by atoms with Crippen molar-refractivity contribution in [3.05, 3.63) is 29.8 Å². The zero-order valence-electron chi connectivity index (χ0n) is 13.8. The molecule has 1 aromatic carbocycles. The first-order valence-corrected chi connectivity index (χ1v) is 9.22. The van der Waals surface area contributed by atoms with Crippen LogP contribution in [0.2, 0.25) is 0 Å². The van der Waals surface area contributed by atoms with E-state index in [2.05, 4.69) is 10.3 Å². The average molecular weight is 351 g/mol. The summed E-state index contributed by atoms with van der Waals surface area (Å²) >= 11 is 6.88. The van der Waals surface area contributed by atoms with Gasteiger partial charge in [0.2, 0.25) is 0 Å². The molecule has 0 amide bonds. The molecule has 0 bridgehead atoms. The van der Waals surface area contributed by atoms with E-state index in [1.807, 2.05) is 51.3 Å². The van der Waals surface area contributed by atoms with Gasteiger partial charge in [0.25, 0.3) is 0 Å². The molecule has 0 aliphatic carbocycles. The van der Waals surface area contributed by atoms with Crippen molar-refractivity contribution < 1.29 is 9.53 Å². The summed E-state index contributed by atoms with van der Waals surface area (Å²) in [5.74, 6) is -0.414. The molecule has 4 nitrogen and oxygen atoms in total. The summed E-state index contributed by atoms with van der Waals surface area (Å²) in [6.07, 6.45) is 2.03. The van der Waals surface area contributed by atoms with Crippen LogP contribution >= 0.6 is 24.0 Å². The Kier molecular flexibility index (Phi) is 6.18. The first-order chi connectivity index (χ1) is 10.9. The van der Waals surface area contributed by atoms with Gasteiger partial charge in [-0.05, 0) is 49.0 Å². The van der Waals surface area contributed by atoms with Crippen LogP contribution < -0.4 is 5.32 Å². The van der Waals surface area contributed by atoms with E-state index in [4.69, 9.17) is 17.0 Å². The van der Waals surface area contributed by atoms with Crippen LogP contribution in [0.5, 0.6) is 0 Å². The SMILES string of the molecule is CSc1ccc(C2NC(=S)N=C(C)C2C(=O)OCC(C)C)cc1. The number of carbonyl (C=O) groups is 1. The summed E-state index contributed by atoms with van der Waals surface area (Å²) in [6, 6.07) is 7.89. The highest BCUT2D eigenvalue weighted by Crippen LogP contribution is 2.29. The van der Waals surface area contributed by atoms with Gasteiger partial charge in [0.1, 0.15) is 5.92 Å². The molecule has 0 saturated carbocycles. The molecular weight excluding hydrogens is 328 g/mol. The van der Waals surface area contributed by atoms with Crippen LogP contribution in [-0.4, -0.2) is 29.7 Å². The number of hydrogen-bond acceptors (Lipinski definition) is 4. The fourth-order valence-corrected chi connectivity index (χ4v) is 3.13. The van der Waals surface area contributed by atoms with E-state index >= 15 is 0 Å². The van der Waals surface area contributed by atoms with Gasteiger partial charge in [-0.1, -0.05) is 26.0 Å². The Hall–Kier alpha value is -1.40.